The third kappa shape index (κ3) is 6.13. The lowest BCUT2D eigenvalue weighted by atomic mass is 9.73. The molecule has 218 valence electrons. The third-order valence-electron chi connectivity index (χ3n) is 7.86. The van der Waals surface area contributed by atoms with E-state index in [1.54, 1.807) is 24.4 Å². The first-order valence-corrected chi connectivity index (χ1v) is 13.3. The van der Waals surface area contributed by atoms with Gasteiger partial charge in [0.15, 0.2) is 0 Å². The number of hydrogen-bond donors (Lipinski definition) is 1. The molecule has 12 heteroatoms. The van der Waals surface area contributed by atoms with Crippen molar-refractivity contribution in [3.63, 3.8) is 0 Å². The Labute approximate surface area is 238 Å². The van der Waals surface area contributed by atoms with Crippen LogP contribution in [0.5, 0.6) is 5.75 Å². The second-order valence-corrected chi connectivity index (χ2v) is 10.6. The van der Waals surface area contributed by atoms with E-state index in [0.717, 1.165) is 36.9 Å². The number of methoxy groups -OCH3 is 1. The summed E-state index contributed by atoms with van der Waals surface area (Å²) in [7, 11) is 1.54. The lowest BCUT2D eigenvalue weighted by Crippen LogP contribution is -2.55. The van der Waals surface area contributed by atoms with E-state index >= 15 is 0 Å². The Morgan fingerprint density at radius 3 is 2.39 bits per heavy atom. The second kappa shape index (κ2) is 11.1. The topological polar surface area (TPSA) is 46.6 Å². The molecule has 6 rings (SSSR count). The molecule has 5 atom stereocenters. The van der Waals surface area contributed by atoms with Crippen LogP contribution in [0.15, 0.2) is 61.3 Å². The van der Waals surface area contributed by atoms with Crippen molar-refractivity contribution >= 4 is 34.0 Å². The molecule has 3 aromatic rings. The number of pyridine rings is 1. The molecule has 3 aliphatic heterocycles. The molecule has 0 aliphatic carbocycles. The number of fused-ring (bicyclic) bond motifs is 4. The summed E-state index contributed by atoms with van der Waals surface area (Å²) in [4.78, 5) is 6.71. The molecular formula is C29H27F6N3O2S. The van der Waals surface area contributed by atoms with Crippen LogP contribution in [0.4, 0.5) is 32.0 Å². The summed E-state index contributed by atoms with van der Waals surface area (Å²) in [5.74, 6) is 1.26. The summed E-state index contributed by atoms with van der Waals surface area (Å²) >= 11 is 5.39. The zero-order valence-corrected chi connectivity index (χ0v) is 22.7. The highest BCUT2D eigenvalue weighted by atomic mass is 32.1. The molecule has 1 aromatic heterocycles. The number of halogens is 6. The highest BCUT2D eigenvalue weighted by molar-refractivity contribution is 7.80. The lowest BCUT2D eigenvalue weighted by molar-refractivity contribution is -0.143. The normalized spacial score (nSPS) is 23.2. The SMILES string of the molecule is C=CC1CN2CCC1CC2[C@@H](OC(=S)Nc1cc(C(F)(F)F)cc(C(F)(F)F)c1)c1ccnc2ccc(OC)cc12. The second-order valence-electron chi connectivity index (χ2n) is 10.3. The van der Waals surface area contributed by atoms with Gasteiger partial charge in [0.2, 0.25) is 0 Å². The molecule has 5 nitrogen and oxygen atoms in total. The summed E-state index contributed by atoms with van der Waals surface area (Å²) in [5.41, 5.74) is -1.98. The van der Waals surface area contributed by atoms with Gasteiger partial charge in [-0.15, -0.1) is 6.58 Å². The minimum Gasteiger partial charge on any atom is -0.497 e. The maximum absolute atomic E-state index is 13.4. The fourth-order valence-corrected chi connectivity index (χ4v) is 6.07. The minimum absolute atomic E-state index is 0.0659. The fraction of sp³-hybridized carbons (Fsp3) is 0.379. The number of nitrogens with zero attached hydrogens (tertiary/aromatic N) is 2. The van der Waals surface area contributed by atoms with Crippen LogP contribution in [0.3, 0.4) is 0 Å². The van der Waals surface area contributed by atoms with E-state index in [2.05, 4.69) is 21.8 Å². The van der Waals surface area contributed by atoms with Crippen molar-refractivity contribution in [3.8, 4) is 5.75 Å². The number of piperidine rings is 3. The van der Waals surface area contributed by atoms with E-state index in [0.29, 0.717) is 35.2 Å². The minimum atomic E-state index is -4.99. The largest absolute Gasteiger partial charge is 0.497 e. The average Bonchev–Trinajstić information content (AvgIpc) is 2.94. The number of thiocarbonyl (C=S) groups is 1. The Balaban J connectivity index is 1.51. The predicted octanol–water partition coefficient (Wildman–Crippen LogP) is 7.63. The highest BCUT2D eigenvalue weighted by Gasteiger charge is 2.44. The molecule has 2 bridgehead atoms. The Bertz CT molecular complexity index is 1430. The van der Waals surface area contributed by atoms with Gasteiger partial charge in [0.25, 0.3) is 5.17 Å². The molecular weight excluding hydrogens is 568 g/mol. The van der Waals surface area contributed by atoms with Gasteiger partial charge in [0.05, 0.1) is 29.8 Å². The van der Waals surface area contributed by atoms with E-state index in [-0.39, 0.29) is 17.3 Å². The maximum Gasteiger partial charge on any atom is 0.416 e. The van der Waals surface area contributed by atoms with Crippen LogP contribution >= 0.6 is 12.2 Å². The van der Waals surface area contributed by atoms with E-state index in [1.807, 2.05) is 12.1 Å². The van der Waals surface area contributed by atoms with Crippen molar-refractivity contribution in [1.82, 2.24) is 9.88 Å². The van der Waals surface area contributed by atoms with Crippen LogP contribution in [0, 0.1) is 11.8 Å². The molecule has 0 saturated carbocycles. The molecule has 4 heterocycles. The van der Waals surface area contributed by atoms with Gasteiger partial charge in [0, 0.05) is 29.4 Å². The lowest BCUT2D eigenvalue weighted by Gasteiger charge is -2.51. The van der Waals surface area contributed by atoms with Crippen LogP contribution in [-0.2, 0) is 17.1 Å². The Kier molecular flexibility index (Phi) is 7.90. The van der Waals surface area contributed by atoms with Crippen molar-refractivity contribution in [3.05, 3.63) is 78.0 Å². The number of anilines is 1. The molecule has 0 radical (unpaired) electrons. The van der Waals surface area contributed by atoms with Gasteiger partial charge in [-0.3, -0.25) is 9.88 Å². The standard InChI is InChI=1S/C29H27F6N3O2S/c1-3-16-15-38-9-7-17(16)10-25(38)26(22-6-8-36-24-5-4-21(39-2)14-23(22)24)40-27(41)37-20-12-18(28(30,31)32)11-19(13-20)29(33,34)35/h3-6,8,11-14,16-17,25-26H,1,7,9-10,15H2,2H3,(H,37,41)/t16?,17?,25?,26-/m0/s1. The van der Waals surface area contributed by atoms with Gasteiger partial charge in [-0.2, -0.15) is 26.3 Å². The van der Waals surface area contributed by atoms with Crippen molar-refractivity contribution in [2.45, 2.75) is 37.3 Å². The summed E-state index contributed by atoms with van der Waals surface area (Å²) in [6.07, 6.45) is -5.37. The van der Waals surface area contributed by atoms with Crippen molar-refractivity contribution in [2.75, 3.05) is 25.5 Å². The summed E-state index contributed by atoms with van der Waals surface area (Å²) < 4.78 is 92.2. The molecule has 3 saturated heterocycles. The number of hydrogen-bond acceptors (Lipinski definition) is 5. The van der Waals surface area contributed by atoms with Gasteiger partial charge >= 0.3 is 12.4 Å². The first-order valence-electron chi connectivity index (χ1n) is 12.9. The van der Waals surface area contributed by atoms with Crippen LogP contribution in [0.2, 0.25) is 0 Å². The third-order valence-corrected chi connectivity index (χ3v) is 8.06. The van der Waals surface area contributed by atoms with Gasteiger partial charge in [-0.1, -0.05) is 6.08 Å². The number of alkyl halides is 6. The Hall–Kier alpha value is -3.38. The van der Waals surface area contributed by atoms with Gasteiger partial charge in [-0.05, 0) is 85.9 Å². The molecule has 3 fully saturated rings. The van der Waals surface area contributed by atoms with Crippen LogP contribution in [-0.4, -0.2) is 41.3 Å². The Morgan fingerprint density at radius 2 is 1.80 bits per heavy atom. The monoisotopic (exact) mass is 595 g/mol. The molecule has 41 heavy (non-hydrogen) atoms. The number of rotatable bonds is 6. The summed E-state index contributed by atoms with van der Waals surface area (Å²) in [6, 6.07) is 8.23. The summed E-state index contributed by atoms with van der Waals surface area (Å²) in [5, 5.41) is 2.86. The Morgan fingerprint density at radius 1 is 1.10 bits per heavy atom. The predicted molar refractivity (Wildman–Crippen MR) is 147 cm³/mol. The number of nitrogens with one attached hydrogen (secondary N) is 1. The molecule has 4 unspecified atom stereocenters. The quantitative estimate of drug-likeness (QED) is 0.180. The van der Waals surface area contributed by atoms with Gasteiger partial charge in [-0.25, -0.2) is 0 Å². The summed E-state index contributed by atoms with van der Waals surface area (Å²) in [6.45, 7) is 5.54. The number of benzene rings is 2. The first-order chi connectivity index (χ1) is 19.4. The zero-order chi connectivity index (χ0) is 29.5. The van der Waals surface area contributed by atoms with E-state index in [4.69, 9.17) is 21.7 Å². The van der Waals surface area contributed by atoms with Crippen LogP contribution in [0.1, 0.15) is 35.6 Å². The van der Waals surface area contributed by atoms with Crippen LogP contribution in [0.25, 0.3) is 10.9 Å². The number of aromatic nitrogens is 1. The van der Waals surface area contributed by atoms with Crippen LogP contribution < -0.4 is 10.1 Å². The fourth-order valence-electron chi connectivity index (χ4n) is 5.85. The van der Waals surface area contributed by atoms with E-state index in [9.17, 15) is 26.3 Å². The number of ether oxygens (including phenoxy) is 2. The highest BCUT2D eigenvalue weighted by Crippen LogP contribution is 2.44. The van der Waals surface area contributed by atoms with Gasteiger partial charge in [0.1, 0.15) is 11.9 Å². The van der Waals surface area contributed by atoms with Crippen molar-refractivity contribution in [1.29, 1.82) is 0 Å². The van der Waals surface area contributed by atoms with Gasteiger partial charge < -0.3 is 14.8 Å². The van der Waals surface area contributed by atoms with E-state index in [1.165, 1.54) is 7.11 Å². The molecule has 0 amide bonds. The molecule has 2 aromatic carbocycles. The molecule has 0 spiro atoms. The smallest absolute Gasteiger partial charge is 0.416 e. The maximum atomic E-state index is 13.4. The molecule has 3 aliphatic rings. The first kappa shape index (κ1) is 29.1. The van der Waals surface area contributed by atoms with E-state index < -0.39 is 35.3 Å². The molecule has 1 N–H and O–H groups in total. The van der Waals surface area contributed by atoms with Crippen molar-refractivity contribution in [2.24, 2.45) is 11.8 Å². The zero-order valence-electron chi connectivity index (χ0n) is 21.9. The van der Waals surface area contributed by atoms with Crippen molar-refractivity contribution < 1.29 is 35.8 Å². The average molecular weight is 596 g/mol.